The van der Waals surface area contributed by atoms with Gasteiger partial charge in [-0.15, -0.1) is 11.3 Å². The molecule has 1 rings (SSSR count). The van der Waals surface area contributed by atoms with Gasteiger partial charge in [-0.2, -0.15) is 5.10 Å². The van der Waals surface area contributed by atoms with Crippen LogP contribution in [0.25, 0.3) is 0 Å². The largest absolute Gasteiger partial charge is 0.469 e. The number of carbonyl (C=O) groups excluding carboxylic acids is 2. The highest BCUT2D eigenvalue weighted by atomic mass is 32.1. The van der Waals surface area contributed by atoms with Crippen LogP contribution in [0, 0.1) is 0 Å². The fraction of sp³-hybridized carbons (Fsp3) is 0.538. The van der Waals surface area contributed by atoms with Crippen LogP contribution in [0.1, 0.15) is 43.5 Å². The Labute approximate surface area is 122 Å². The van der Waals surface area contributed by atoms with Crippen LogP contribution in [0.5, 0.6) is 0 Å². The predicted molar refractivity (Wildman–Crippen MR) is 77.6 cm³/mol. The van der Waals surface area contributed by atoms with E-state index in [1.54, 1.807) is 6.20 Å². The number of amides is 1. The van der Waals surface area contributed by atoms with Gasteiger partial charge < -0.3 is 4.74 Å². The van der Waals surface area contributed by atoms with Gasteiger partial charge >= 0.3 is 5.97 Å². The van der Waals surface area contributed by atoms with Crippen LogP contribution >= 0.6 is 11.3 Å². The van der Waals surface area contributed by atoms with Gasteiger partial charge in [-0.25, -0.2) is 10.4 Å². The Kier molecular flexibility index (Phi) is 8.21. The first-order valence-corrected chi connectivity index (χ1v) is 7.38. The summed E-state index contributed by atoms with van der Waals surface area (Å²) in [5.74, 6) is -0.287. The van der Waals surface area contributed by atoms with E-state index in [0.717, 1.165) is 30.7 Å². The smallest absolute Gasteiger partial charge is 0.305 e. The van der Waals surface area contributed by atoms with E-state index in [4.69, 9.17) is 0 Å². The highest BCUT2D eigenvalue weighted by Crippen LogP contribution is 2.06. The average molecular weight is 297 g/mol. The number of hydrogen-bond acceptors (Lipinski definition) is 6. The number of esters is 1. The maximum absolute atomic E-state index is 11.4. The van der Waals surface area contributed by atoms with Crippen molar-refractivity contribution in [3.05, 3.63) is 16.6 Å². The van der Waals surface area contributed by atoms with Crippen molar-refractivity contribution in [2.75, 3.05) is 7.11 Å². The normalized spacial score (nSPS) is 10.7. The summed E-state index contributed by atoms with van der Waals surface area (Å²) in [5.41, 5.74) is 2.46. The predicted octanol–water partition coefficient (Wildman–Crippen LogP) is 2.11. The van der Waals surface area contributed by atoms with Crippen molar-refractivity contribution in [3.63, 3.8) is 0 Å². The van der Waals surface area contributed by atoms with E-state index in [2.05, 4.69) is 20.2 Å². The van der Waals surface area contributed by atoms with Crippen molar-refractivity contribution in [1.82, 2.24) is 10.4 Å². The van der Waals surface area contributed by atoms with Gasteiger partial charge in [0.15, 0.2) is 0 Å². The lowest BCUT2D eigenvalue weighted by atomic mass is 10.1. The van der Waals surface area contributed by atoms with Crippen LogP contribution < -0.4 is 5.43 Å². The molecule has 0 radical (unpaired) electrons. The molecule has 0 atom stereocenters. The lowest BCUT2D eigenvalue weighted by molar-refractivity contribution is -0.140. The monoisotopic (exact) mass is 297 g/mol. The van der Waals surface area contributed by atoms with Gasteiger partial charge in [0.05, 0.1) is 13.3 Å². The minimum absolute atomic E-state index is 0.106. The lowest BCUT2D eigenvalue weighted by Crippen LogP contribution is -2.16. The van der Waals surface area contributed by atoms with E-state index in [1.807, 2.05) is 5.38 Å². The van der Waals surface area contributed by atoms with Gasteiger partial charge in [0, 0.05) is 24.4 Å². The Morgan fingerprint density at radius 2 is 2.10 bits per heavy atom. The van der Waals surface area contributed by atoms with Crippen LogP contribution in [0.15, 0.2) is 16.7 Å². The van der Waals surface area contributed by atoms with Crippen molar-refractivity contribution >= 4 is 29.4 Å². The number of hydrazone groups is 1. The number of aromatic nitrogens is 1. The summed E-state index contributed by atoms with van der Waals surface area (Å²) in [4.78, 5) is 26.3. The second kappa shape index (κ2) is 10.1. The molecule has 0 fully saturated rings. The molecule has 0 unspecified atom stereocenters. The van der Waals surface area contributed by atoms with E-state index in [9.17, 15) is 9.59 Å². The molecule has 0 spiro atoms. The molecule has 0 bridgehead atoms. The molecule has 20 heavy (non-hydrogen) atoms. The van der Waals surface area contributed by atoms with E-state index < -0.39 is 0 Å². The van der Waals surface area contributed by atoms with Crippen molar-refractivity contribution in [3.8, 4) is 0 Å². The van der Waals surface area contributed by atoms with Crippen LogP contribution in [-0.2, 0) is 14.3 Å². The highest BCUT2D eigenvalue weighted by molar-refractivity contribution is 7.11. The second-order valence-corrected chi connectivity index (χ2v) is 5.08. The molecule has 1 heterocycles. The fourth-order valence-electron chi connectivity index (χ4n) is 1.52. The molecule has 6 nitrogen and oxygen atoms in total. The first-order chi connectivity index (χ1) is 9.72. The topological polar surface area (TPSA) is 80.7 Å². The minimum atomic E-state index is -0.181. The molecule has 1 amide bonds. The molecule has 0 aromatic carbocycles. The number of unbranched alkanes of at least 4 members (excludes halogenated alkanes) is 3. The number of nitrogens with zero attached hydrogens (tertiary/aromatic N) is 2. The number of thiazole rings is 1. The number of hydrogen-bond donors (Lipinski definition) is 1. The first-order valence-electron chi connectivity index (χ1n) is 6.50. The number of ether oxygens (including phenoxy) is 1. The Hall–Kier alpha value is -1.76. The molecule has 110 valence electrons. The van der Waals surface area contributed by atoms with Gasteiger partial charge in [-0.3, -0.25) is 9.59 Å². The van der Waals surface area contributed by atoms with Crippen LogP contribution in [0.4, 0.5) is 0 Å². The van der Waals surface area contributed by atoms with E-state index in [1.165, 1.54) is 24.7 Å². The zero-order valence-electron chi connectivity index (χ0n) is 11.5. The average Bonchev–Trinajstić information content (AvgIpc) is 2.95. The van der Waals surface area contributed by atoms with Crippen LogP contribution in [0.2, 0.25) is 0 Å². The number of carbonyl (C=O) groups is 2. The Morgan fingerprint density at radius 3 is 2.75 bits per heavy atom. The Bertz CT molecular complexity index is 432. The molecule has 0 aliphatic carbocycles. The van der Waals surface area contributed by atoms with Crippen LogP contribution in [-0.4, -0.2) is 30.2 Å². The van der Waals surface area contributed by atoms with E-state index >= 15 is 0 Å². The van der Waals surface area contributed by atoms with Gasteiger partial charge in [0.1, 0.15) is 5.01 Å². The SMILES string of the molecule is COC(=O)CCCCCCC(=O)N/N=C/c1nccs1. The number of methoxy groups -OCH3 is 1. The minimum Gasteiger partial charge on any atom is -0.469 e. The summed E-state index contributed by atoms with van der Waals surface area (Å²) in [7, 11) is 1.39. The quantitative estimate of drug-likeness (QED) is 0.327. The molecule has 7 heteroatoms. The zero-order chi connectivity index (χ0) is 14.6. The van der Waals surface area contributed by atoms with Crippen molar-refractivity contribution in [1.29, 1.82) is 0 Å². The molecule has 1 N–H and O–H groups in total. The van der Waals surface area contributed by atoms with Gasteiger partial charge in [0.2, 0.25) is 5.91 Å². The summed E-state index contributed by atoms with van der Waals surface area (Å²) < 4.78 is 4.55. The molecule has 0 saturated carbocycles. The van der Waals surface area contributed by atoms with E-state index in [0.29, 0.717) is 12.8 Å². The standard InChI is InChI=1S/C13H19N3O3S/c1-19-13(18)7-5-3-2-4-6-11(17)16-15-10-12-14-8-9-20-12/h8-10H,2-7H2,1H3,(H,16,17)/b15-10+. The Morgan fingerprint density at radius 1 is 1.35 bits per heavy atom. The Balaban J connectivity index is 1.99. The van der Waals surface area contributed by atoms with Crippen molar-refractivity contribution < 1.29 is 14.3 Å². The molecule has 0 aliphatic heterocycles. The zero-order valence-corrected chi connectivity index (χ0v) is 12.3. The maximum atomic E-state index is 11.4. The van der Waals surface area contributed by atoms with Crippen LogP contribution in [0.3, 0.4) is 0 Å². The van der Waals surface area contributed by atoms with E-state index in [-0.39, 0.29) is 11.9 Å². The lowest BCUT2D eigenvalue weighted by Gasteiger charge is -2.01. The fourth-order valence-corrected chi connectivity index (χ4v) is 2.02. The molecular weight excluding hydrogens is 278 g/mol. The van der Waals surface area contributed by atoms with Gasteiger partial charge in [-0.05, 0) is 12.8 Å². The molecule has 1 aromatic heterocycles. The molecule has 1 aromatic rings. The summed E-state index contributed by atoms with van der Waals surface area (Å²) in [6, 6.07) is 0. The summed E-state index contributed by atoms with van der Waals surface area (Å²) in [6.07, 6.45) is 7.52. The number of rotatable bonds is 9. The van der Waals surface area contributed by atoms with Gasteiger partial charge in [-0.1, -0.05) is 12.8 Å². The van der Waals surface area contributed by atoms with Crippen molar-refractivity contribution in [2.45, 2.75) is 38.5 Å². The third-order valence-corrected chi connectivity index (χ3v) is 3.29. The first kappa shape index (κ1) is 16.3. The summed E-state index contributed by atoms with van der Waals surface area (Å²) in [6.45, 7) is 0. The maximum Gasteiger partial charge on any atom is 0.305 e. The molecular formula is C13H19N3O3S. The second-order valence-electron chi connectivity index (χ2n) is 4.15. The third-order valence-electron chi connectivity index (χ3n) is 2.58. The molecule has 0 saturated heterocycles. The molecule has 0 aliphatic rings. The highest BCUT2D eigenvalue weighted by Gasteiger charge is 2.01. The third kappa shape index (κ3) is 7.63. The number of nitrogens with one attached hydrogen (secondary N) is 1. The van der Waals surface area contributed by atoms with Crippen molar-refractivity contribution in [2.24, 2.45) is 5.10 Å². The summed E-state index contributed by atoms with van der Waals surface area (Å²) >= 11 is 1.46. The summed E-state index contributed by atoms with van der Waals surface area (Å²) in [5, 5.41) is 6.43. The van der Waals surface area contributed by atoms with Gasteiger partial charge in [0.25, 0.3) is 0 Å².